The van der Waals surface area contributed by atoms with Gasteiger partial charge in [0.1, 0.15) is 5.75 Å². The van der Waals surface area contributed by atoms with Crippen LogP contribution in [0.5, 0.6) is 11.6 Å². The molecular weight excluding hydrogens is 264 g/mol. The number of rotatable bonds is 3. The van der Waals surface area contributed by atoms with Crippen LogP contribution in [-0.4, -0.2) is 10.1 Å². The first kappa shape index (κ1) is 13.1. The van der Waals surface area contributed by atoms with E-state index in [1.165, 1.54) is 0 Å². The summed E-state index contributed by atoms with van der Waals surface area (Å²) in [5, 5.41) is 19.3. The summed E-state index contributed by atoms with van der Waals surface area (Å²) >= 11 is 0. The van der Waals surface area contributed by atoms with E-state index in [4.69, 9.17) is 10.00 Å². The van der Waals surface area contributed by atoms with Crippen LogP contribution in [0.2, 0.25) is 0 Å². The molecule has 0 saturated carbocycles. The van der Waals surface area contributed by atoms with Crippen molar-refractivity contribution in [3.05, 3.63) is 65.7 Å². The van der Waals surface area contributed by atoms with Gasteiger partial charge in [0.2, 0.25) is 5.88 Å². The second-order valence-corrected chi connectivity index (χ2v) is 4.55. The number of nitrogens with zero attached hydrogens (tertiary/aromatic N) is 2. The fourth-order valence-electron chi connectivity index (χ4n) is 2.08. The molecule has 0 unspecified atom stereocenters. The molecule has 0 spiro atoms. The minimum Gasteiger partial charge on any atom is -0.439 e. The van der Waals surface area contributed by atoms with Crippen molar-refractivity contribution in [2.75, 3.05) is 0 Å². The van der Waals surface area contributed by atoms with Gasteiger partial charge in [0, 0.05) is 10.9 Å². The molecule has 0 saturated heterocycles. The van der Waals surface area contributed by atoms with E-state index in [9.17, 15) is 5.11 Å². The maximum Gasteiger partial charge on any atom is 0.225 e. The molecule has 3 aromatic rings. The van der Waals surface area contributed by atoms with Gasteiger partial charge in [-0.3, -0.25) is 0 Å². The van der Waals surface area contributed by atoms with Gasteiger partial charge in [-0.2, -0.15) is 5.26 Å². The lowest BCUT2D eigenvalue weighted by Crippen LogP contribution is -1.96. The number of pyridine rings is 1. The fourth-order valence-corrected chi connectivity index (χ4v) is 2.08. The van der Waals surface area contributed by atoms with Crippen molar-refractivity contribution >= 4 is 10.9 Å². The number of hydrogen-bond donors (Lipinski definition) is 1. The van der Waals surface area contributed by atoms with E-state index in [0.29, 0.717) is 22.8 Å². The maximum absolute atomic E-state index is 9.48. The molecule has 0 atom stereocenters. The van der Waals surface area contributed by atoms with Crippen LogP contribution in [-0.2, 0) is 6.61 Å². The molecule has 21 heavy (non-hydrogen) atoms. The Morgan fingerprint density at radius 1 is 1.10 bits per heavy atom. The summed E-state index contributed by atoms with van der Waals surface area (Å²) in [7, 11) is 0. The summed E-state index contributed by atoms with van der Waals surface area (Å²) in [6.45, 7) is -0.162. The Balaban J connectivity index is 2.04. The number of aliphatic hydroxyl groups is 1. The quantitative estimate of drug-likeness (QED) is 0.796. The third-order valence-corrected chi connectivity index (χ3v) is 3.11. The van der Waals surface area contributed by atoms with Crippen LogP contribution >= 0.6 is 0 Å². The van der Waals surface area contributed by atoms with Gasteiger partial charge in [0.15, 0.2) is 0 Å². The molecule has 1 aromatic heterocycles. The van der Waals surface area contributed by atoms with Crippen molar-refractivity contribution in [3.8, 4) is 17.7 Å². The molecule has 4 heteroatoms. The zero-order valence-electron chi connectivity index (χ0n) is 11.2. The van der Waals surface area contributed by atoms with Gasteiger partial charge in [-0.25, -0.2) is 4.98 Å². The van der Waals surface area contributed by atoms with Gasteiger partial charge in [0.25, 0.3) is 0 Å². The average molecular weight is 276 g/mol. The Morgan fingerprint density at radius 3 is 2.76 bits per heavy atom. The van der Waals surface area contributed by atoms with Crippen molar-refractivity contribution < 1.29 is 9.84 Å². The number of para-hydroxylation sites is 1. The van der Waals surface area contributed by atoms with Gasteiger partial charge in [-0.1, -0.05) is 24.3 Å². The first-order chi connectivity index (χ1) is 10.3. The SMILES string of the molecule is N#Cc1cccc(Oc2nc3ccccc3cc2CO)c1. The Hall–Kier alpha value is -2.90. The molecule has 0 aliphatic carbocycles. The van der Waals surface area contributed by atoms with E-state index in [1.54, 1.807) is 24.3 Å². The fraction of sp³-hybridized carbons (Fsp3) is 0.0588. The van der Waals surface area contributed by atoms with Crippen molar-refractivity contribution in [3.63, 3.8) is 0 Å². The van der Waals surface area contributed by atoms with E-state index in [1.807, 2.05) is 30.3 Å². The first-order valence-electron chi connectivity index (χ1n) is 6.47. The van der Waals surface area contributed by atoms with Gasteiger partial charge in [0.05, 0.1) is 23.8 Å². The largest absolute Gasteiger partial charge is 0.439 e. The molecule has 1 N–H and O–H groups in total. The Morgan fingerprint density at radius 2 is 1.95 bits per heavy atom. The van der Waals surface area contributed by atoms with Crippen molar-refractivity contribution in [2.45, 2.75) is 6.61 Å². The number of aromatic nitrogens is 1. The highest BCUT2D eigenvalue weighted by Crippen LogP contribution is 2.27. The molecule has 0 aliphatic heterocycles. The van der Waals surface area contributed by atoms with E-state index in [-0.39, 0.29) is 6.61 Å². The van der Waals surface area contributed by atoms with E-state index >= 15 is 0 Å². The number of aliphatic hydroxyl groups excluding tert-OH is 1. The Kier molecular flexibility index (Phi) is 3.50. The number of benzene rings is 2. The standard InChI is InChI=1S/C17H12N2O2/c18-10-12-4-3-6-15(8-12)21-17-14(11-20)9-13-5-1-2-7-16(13)19-17/h1-9,20H,11H2. The monoisotopic (exact) mass is 276 g/mol. The van der Waals surface area contributed by atoms with Gasteiger partial charge >= 0.3 is 0 Å². The minimum absolute atomic E-state index is 0.162. The van der Waals surface area contributed by atoms with E-state index in [0.717, 1.165) is 10.9 Å². The number of hydrogen-bond acceptors (Lipinski definition) is 4. The van der Waals surface area contributed by atoms with E-state index in [2.05, 4.69) is 11.1 Å². The zero-order chi connectivity index (χ0) is 14.7. The van der Waals surface area contributed by atoms with Crippen molar-refractivity contribution in [2.24, 2.45) is 0 Å². The predicted octanol–water partition coefficient (Wildman–Crippen LogP) is 3.39. The normalized spacial score (nSPS) is 10.3. The molecule has 4 nitrogen and oxygen atoms in total. The Bertz CT molecular complexity index is 838. The Labute approximate surface area is 121 Å². The summed E-state index contributed by atoms with van der Waals surface area (Å²) in [6.07, 6.45) is 0. The van der Waals surface area contributed by atoms with Gasteiger partial charge in [-0.15, -0.1) is 0 Å². The lowest BCUT2D eigenvalue weighted by atomic mass is 10.1. The molecule has 0 radical (unpaired) electrons. The molecule has 0 fully saturated rings. The first-order valence-corrected chi connectivity index (χ1v) is 6.47. The second kappa shape index (κ2) is 5.61. The van der Waals surface area contributed by atoms with Crippen molar-refractivity contribution in [1.82, 2.24) is 4.98 Å². The van der Waals surface area contributed by atoms with E-state index < -0.39 is 0 Å². The molecule has 0 bridgehead atoms. The predicted molar refractivity (Wildman–Crippen MR) is 78.9 cm³/mol. The highest BCUT2D eigenvalue weighted by atomic mass is 16.5. The highest BCUT2D eigenvalue weighted by Gasteiger charge is 2.09. The van der Waals surface area contributed by atoms with Crippen LogP contribution in [0.25, 0.3) is 10.9 Å². The van der Waals surface area contributed by atoms with Crippen LogP contribution in [0.15, 0.2) is 54.6 Å². The zero-order valence-corrected chi connectivity index (χ0v) is 11.2. The summed E-state index contributed by atoms with van der Waals surface area (Å²) in [5.41, 5.74) is 1.91. The van der Waals surface area contributed by atoms with Crippen LogP contribution in [0.4, 0.5) is 0 Å². The minimum atomic E-state index is -0.162. The molecule has 2 aromatic carbocycles. The molecule has 3 rings (SSSR count). The molecule has 0 aliphatic rings. The number of nitriles is 1. The molecule has 0 amide bonds. The summed E-state index contributed by atoms with van der Waals surface area (Å²) in [6, 6.07) is 18.4. The average Bonchev–Trinajstić information content (AvgIpc) is 2.54. The molecular formula is C17H12N2O2. The van der Waals surface area contributed by atoms with Gasteiger partial charge < -0.3 is 9.84 Å². The van der Waals surface area contributed by atoms with Crippen LogP contribution in [0.3, 0.4) is 0 Å². The third-order valence-electron chi connectivity index (χ3n) is 3.11. The highest BCUT2D eigenvalue weighted by molar-refractivity contribution is 5.80. The summed E-state index contributed by atoms with van der Waals surface area (Å²) in [5.74, 6) is 0.873. The van der Waals surface area contributed by atoms with Gasteiger partial charge in [-0.05, 0) is 30.3 Å². The molecule has 1 heterocycles. The molecule has 102 valence electrons. The topological polar surface area (TPSA) is 66.1 Å². The summed E-state index contributed by atoms with van der Waals surface area (Å²) < 4.78 is 5.73. The second-order valence-electron chi connectivity index (χ2n) is 4.55. The lowest BCUT2D eigenvalue weighted by molar-refractivity contribution is 0.275. The third kappa shape index (κ3) is 2.69. The maximum atomic E-state index is 9.48. The van der Waals surface area contributed by atoms with Crippen LogP contribution < -0.4 is 4.74 Å². The van der Waals surface area contributed by atoms with Crippen LogP contribution in [0, 0.1) is 11.3 Å². The van der Waals surface area contributed by atoms with Crippen LogP contribution in [0.1, 0.15) is 11.1 Å². The summed E-state index contributed by atoms with van der Waals surface area (Å²) in [4.78, 5) is 4.43. The number of fused-ring (bicyclic) bond motifs is 1. The lowest BCUT2D eigenvalue weighted by Gasteiger charge is -2.10. The van der Waals surface area contributed by atoms with Crippen molar-refractivity contribution in [1.29, 1.82) is 5.26 Å². The number of ether oxygens (including phenoxy) is 1. The smallest absolute Gasteiger partial charge is 0.225 e.